The van der Waals surface area contributed by atoms with Crippen LogP contribution in [-0.2, 0) is 16.6 Å². The molecule has 3 aromatic rings. The normalized spacial score (nSPS) is 11.3. The number of carbonyl (C=O) groups excluding carboxylic acids is 1. The summed E-state index contributed by atoms with van der Waals surface area (Å²) in [7, 11) is -2.22. The summed E-state index contributed by atoms with van der Waals surface area (Å²) in [5.41, 5.74) is 1.29. The van der Waals surface area contributed by atoms with Crippen molar-refractivity contribution < 1.29 is 17.6 Å². The summed E-state index contributed by atoms with van der Waals surface area (Å²) in [5, 5.41) is 6.82. The first-order valence-electron chi connectivity index (χ1n) is 8.01. The first-order valence-corrected chi connectivity index (χ1v) is 9.50. The summed E-state index contributed by atoms with van der Waals surface area (Å²) in [6.07, 6.45) is 1.56. The maximum atomic E-state index is 13.3. The van der Waals surface area contributed by atoms with Crippen LogP contribution in [-0.4, -0.2) is 31.2 Å². The molecular weight excluding hydrogens is 371 g/mol. The zero-order chi connectivity index (χ0) is 19.4. The lowest BCUT2D eigenvalue weighted by Gasteiger charge is -2.07. The van der Waals surface area contributed by atoms with Crippen LogP contribution in [0.1, 0.15) is 16.1 Å². The summed E-state index contributed by atoms with van der Waals surface area (Å²) in [5.74, 6) is -0.822. The summed E-state index contributed by atoms with van der Waals surface area (Å²) < 4.78 is 40.6. The summed E-state index contributed by atoms with van der Waals surface area (Å²) in [6.45, 7) is 0.138. The molecule has 0 radical (unpaired) electrons. The van der Waals surface area contributed by atoms with Gasteiger partial charge in [0.15, 0.2) is 5.69 Å². The Morgan fingerprint density at radius 3 is 2.67 bits per heavy atom. The van der Waals surface area contributed by atoms with Crippen molar-refractivity contribution in [3.63, 3.8) is 0 Å². The number of hydrogen-bond donors (Lipinski definition) is 2. The van der Waals surface area contributed by atoms with E-state index in [0.29, 0.717) is 11.3 Å². The van der Waals surface area contributed by atoms with Crippen molar-refractivity contribution in [2.24, 2.45) is 0 Å². The molecule has 7 nitrogen and oxygen atoms in total. The van der Waals surface area contributed by atoms with Gasteiger partial charge in [-0.05, 0) is 49.0 Å². The zero-order valence-corrected chi connectivity index (χ0v) is 15.2. The van der Waals surface area contributed by atoms with Crippen molar-refractivity contribution in [3.05, 3.63) is 77.9 Å². The molecule has 0 saturated carbocycles. The predicted molar refractivity (Wildman–Crippen MR) is 97.4 cm³/mol. The fraction of sp³-hybridized carbons (Fsp3) is 0.111. The van der Waals surface area contributed by atoms with Gasteiger partial charge in [0.05, 0.1) is 10.6 Å². The number of sulfonamides is 1. The highest BCUT2D eigenvalue weighted by atomic mass is 32.2. The SMILES string of the molecule is CNS(=O)(=O)c1cccc(CNC(=O)c2ccn(-c3cccc(F)c3)n2)c1. The number of nitrogens with one attached hydrogen (secondary N) is 2. The predicted octanol–water partition coefficient (Wildman–Crippen LogP) is 1.85. The molecular formula is C18H17FN4O3S. The average molecular weight is 388 g/mol. The molecule has 0 spiro atoms. The van der Waals surface area contributed by atoms with Gasteiger partial charge in [-0.1, -0.05) is 18.2 Å². The van der Waals surface area contributed by atoms with Gasteiger partial charge in [-0.3, -0.25) is 4.79 Å². The minimum atomic E-state index is -3.55. The number of amides is 1. The van der Waals surface area contributed by atoms with Crippen molar-refractivity contribution in [2.75, 3.05) is 7.05 Å². The molecule has 1 amide bonds. The van der Waals surface area contributed by atoms with Crippen molar-refractivity contribution in [3.8, 4) is 5.69 Å². The third kappa shape index (κ3) is 4.39. The van der Waals surface area contributed by atoms with E-state index < -0.39 is 21.7 Å². The Labute approximate surface area is 155 Å². The Kier molecular flexibility index (Phi) is 5.33. The van der Waals surface area contributed by atoms with Gasteiger partial charge in [-0.15, -0.1) is 0 Å². The molecule has 0 unspecified atom stereocenters. The first kappa shape index (κ1) is 18.7. The summed E-state index contributed by atoms with van der Waals surface area (Å²) in [4.78, 5) is 12.4. The molecule has 9 heteroatoms. The second-order valence-corrected chi connectivity index (χ2v) is 7.55. The fourth-order valence-electron chi connectivity index (χ4n) is 2.42. The van der Waals surface area contributed by atoms with E-state index in [1.807, 2.05) is 0 Å². The van der Waals surface area contributed by atoms with Crippen LogP contribution >= 0.6 is 0 Å². The number of rotatable bonds is 6. The Morgan fingerprint density at radius 2 is 1.93 bits per heavy atom. The molecule has 1 heterocycles. The van der Waals surface area contributed by atoms with E-state index in [0.717, 1.165) is 0 Å². The topological polar surface area (TPSA) is 93.1 Å². The molecule has 0 fully saturated rings. The van der Waals surface area contributed by atoms with Gasteiger partial charge in [0.1, 0.15) is 5.82 Å². The lowest BCUT2D eigenvalue weighted by atomic mass is 10.2. The summed E-state index contributed by atoms with van der Waals surface area (Å²) >= 11 is 0. The number of benzene rings is 2. The Morgan fingerprint density at radius 1 is 1.15 bits per heavy atom. The van der Waals surface area contributed by atoms with E-state index in [4.69, 9.17) is 0 Å². The lowest BCUT2D eigenvalue weighted by Crippen LogP contribution is -2.24. The fourth-order valence-corrected chi connectivity index (χ4v) is 3.22. The highest BCUT2D eigenvalue weighted by molar-refractivity contribution is 7.89. The molecule has 27 heavy (non-hydrogen) atoms. The second kappa shape index (κ2) is 7.68. The van der Waals surface area contributed by atoms with Gasteiger partial charge in [-0.25, -0.2) is 22.2 Å². The van der Waals surface area contributed by atoms with E-state index in [1.54, 1.807) is 30.5 Å². The van der Waals surface area contributed by atoms with Gasteiger partial charge >= 0.3 is 0 Å². The number of halogens is 1. The van der Waals surface area contributed by atoms with Crippen molar-refractivity contribution >= 4 is 15.9 Å². The van der Waals surface area contributed by atoms with Gasteiger partial charge < -0.3 is 5.32 Å². The maximum absolute atomic E-state index is 13.3. The van der Waals surface area contributed by atoms with E-state index in [1.165, 1.54) is 42.1 Å². The van der Waals surface area contributed by atoms with Crippen LogP contribution in [0.25, 0.3) is 5.69 Å². The van der Waals surface area contributed by atoms with E-state index in [9.17, 15) is 17.6 Å². The highest BCUT2D eigenvalue weighted by Crippen LogP contribution is 2.12. The van der Waals surface area contributed by atoms with Crippen LogP contribution in [0.3, 0.4) is 0 Å². The Bertz CT molecular complexity index is 1080. The van der Waals surface area contributed by atoms with E-state index in [2.05, 4.69) is 15.1 Å². The lowest BCUT2D eigenvalue weighted by molar-refractivity contribution is 0.0945. The van der Waals surface area contributed by atoms with Crippen LogP contribution in [0.15, 0.2) is 65.7 Å². The number of carbonyl (C=O) groups is 1. The molecule has 1 aromatic heterocycles. The third-order valence-corrected chi connectivity index (χ3v) is 5.24. The molecule has 140 valence electrons. The molecule has 2 aromatic carbocycles. The smallest absolute Gasteiger partial charge is 0.272 e. The van der Waals surface area contributed by atoms with Gasteiger partial charge in [0.2, 0.25) is 10.0 Å². The van der Waals surface area contributed by atoms with Crippen molar-refractivity contribution in [1.29, 1.82) is 0 Å². The molecule has 0 saturated heterocycles. The molecule has 0 aliphatic heterocycles. The average Bonchev–Trinajstić information content (AvgIpc) is 3.17. The third-order valence-electron chi connectivity index (χ3n) is 3.83. The van der Waals surface area contributed by atoms with Crippen LogP contribution < -0.4 is 10.0 Å². The zero-order valence-electron chi connectivity index (χ0n) is 14.4. The van der Waals surface area contributed by atoms with Crippen LogP contribution in [0.2, 0.25) is 0 Å². The number of hydrogen-bond acceptors (Lipinski definition) is 4. The molecule has 0 aliphatic rings. The van der Waals surface area contributed by atoms with E-state index >= 15 is 0 Å². The maximum Gasteiger partial charge on any atom is 0.272 e. The van der Waals surface area contributed by atoms with Gasteiger partial charge in [0.25, 0.3) is 5.91 Å². The second-order valence-electron chi connectivity index (χ2n) is 5.66. The number of nitrogens with zero attached hydrogens (tertiary/aromatic N) is 2. The first-order chi connectivity index (χ1) is 12.9. The van der Waals surface area contributed by atoms with Crippen LogP contribution in [0.5, 0.6) is 0 Å². The molecule has 3 rings (SSSR count). The molecule has 0 aliphatic carbocycles. The number of aromatic nitrogens is 2. The van der Waals surface area contributed by atoms with Crippen LogP contribution in [0, 0.1) is 5.82 Å². The molecule has 0 atom stereocenters. The van der Waals surface area contributed by atoms with Crippen molar-refractivity contribution in [2.45, 2.75) is 11.4 Å². The van der Waals surface area contributed by atoms with Crippen molar-refractivity contribution in [1.82, 2.24) is 19.8 Å². The largest absolute Gasteiger partial charge is 0.347 e. The van der Waals surface area contributed by atoms with E-state index in [-0.39, 0.29) is 17.1 Å². The minimum Gasteiger partial charge on any atom is -0.347 e. The molecule has 2 N–H and O–H groups in total. The quantitative estimate of drug-likeness (QED) is 0.674. The van der Waals surface area contributed by atoms with Crippen LogP contribution in [0.4, 0.5) is 4.39 Å². The highest BCUT2D eigenvalue weighted by Gasteiger charge is 2.13. The van der Waals surface area contributed by atoms with Gasteiger partial charge in [-0.2, -0.15) is 5.10 Å². The summed E-state index contributed by atoms with van der Waals surface area (Å²) in [6, 6.07) is 13.6. The minimum absolute atomic E-state index is 0.118. The Balaban J connectivity index is 1.69. The molecule has 0 bridgehead atoms. The Hall–Kier alpha value is -3.04. The standard InChI is InChI=1S/C18H17FN4O3S/c1-20-27(25,26)16-7-2-4-13(10-16)12-21-18(24)17-8-9-23(22-17)15-6-3-5-14(19)11-15/h2-11,20H,12H2,1H3,(H,21,24). The van der Waals surface area contributed by atoms with Gasteiger partial charge in [0, 0.05) is 12.7 Å². The monoisotopic (exact) mass is 388 g/mol.